The van der Waals surface area contributed by atoms with Gasteiger partial charge in [0.15, 0.2) is 0 Å². The number of nitrogens with one attached hydrogen (secondary N) is 1. The van der Waals surface area contributed by atoms with Crippen LogP contribution in [-0.2, 0) is 11.0 Å². The quantitative estimate of drug-likeness (QED) is 0.279. The molecule has 3 amide bonds. The summed E-state index contributed by atoms with van der Waals surface area (Å²) in [5.74, 6) is 0.367. The predicted molar refractivity (Wildman–Crippen MR) is 150 cm³/mol. The molecule has 7 nitrogen and oxygen atoms in total. The maximum absolute atomic E-state index is 14.2. The smallest absolute Gasteiger partial charge is 0.416 e. The lowest BCUT2D eigenvalue weighted by Gasteiger charge is -2.40. The van der Waals surface area contributed by atoms with Crippen LogP contribution in [0.1, 0.15) is 36.7 Å². The number of amides is 3. The van der Waals surface area contributed by atoms with Gasteiger partial charge in [0.25, 0.3) is 0 Å². The van der Waals surface area contributed by atoms with Crippen LogP contribution in [0.3, 0.4) is 0 Å². The zero-order valence-electron chi connectivity index (χ0n) is 22.7. The van der Waals surface area contributed by atoms with Crippen molar-refractivity contribution >= 4 is 23.3 Å². The van der Waals surface area contributed by atoms with Gasteiger partial charge in [-0.2, -0.15) is 13.2 Å². The minimum absolute atomic E-state index is 0.193. The largest absolute Gasteiger partial charge is 0.497 e. The molecule has 1 unspecified atom stereocenters. The molecule has 2 heterocycles. The van der Waals surface area contributed by atoms with Crippen LogP contribution in [0.15, 0.2) is 91.1 Å². The molecule has 1 aliphatic heterocycles. The maximum atomic E-state index is 14.2. The van der Waals surface area contributed by atoms with Crippen LogP contribution in [0.5, 0.6) is 5.75 Å². The van der Waals surface area contributed by atoms with Crippen molar-refractivity contribution in [1.82, 2.24) is 9.47 Å². The lowest BCUT2D eigenvalue weighted by atomic mass is 9.97. The summed E-state index contributed by atoms with van der Waals surface area (Å²) < 4.78 is 46.3. The lowest BCUT2D eigenvalue weighted by molar-refractivity contribution is -0.137. The Morgan fingerprint density at radius 1 is 0.927 bits per heavy atom. The fraction of sp³-hybridized carbons (Fsp3) is 0.226. The molecule has 1 N–H and O–H groups in total. The molecule has 0 spiro atoms. The first-order valence-electron chi connectivity index (χ1n) is 13.1. The molecule has 1 atom stereocenters. The van der Waals surface area contributed by atoms with Crippen molar-refractivity contribution in [2.75, 3.05) is 23.9 Å². The molecule has 0 fully saturated rings. The average Bonchev–Trinajstić information content (AvgIpc) is 3.45. The molecule has 5 rings (SSSR count). The summed E-state index contributed by atoms with van der Waals surface area (Å²) in [6.45, 7) is 3.29. The van der Waals surface area contributed by atoms with E-state index >= 15 is 0 Å². The second kappa shape index (κ2) is 11.0. The summed E-state index contributed by atoms with van der Waals surface area (Å²) >= 11 is 0. The second-order valence-corrected chi connectivity index (χ2v) is 9.96. The molecule has 212 valence electrons. The second-order valence-electron chi connectivity index (χ2n) is 9.96. The van der Waals surface area contributed by atoms with Crippen molar-refractivity contribution in [2.45, 2.75) is 32.1 Å². The van der Waals surface area contributed by atoms with Crippen LogP contribution in [-0.4, -0.2) is 41.1 Å². The molecule has 0 bridgehead atoms. The van der Waals surface area contributed by atoms with E-state index in [-0.39, 0.29) is 24.2 Å². The van der Waals surface area contributed by atoms with E-state index in [1.165, 1.54) is 17.0 Å². The standard InChI is InChI=1S/C31H29F3N4O3/c1-20(2)37(30(40)35-23-14-12-22(13-15-23)31(32,33)34)19-28(39)38-26-8-5-4-7-25(26)36-18-6-9-27(36)29(38)21-10-16-24(41-3)17-11-21/h4-18,20,29H,19H2,1-3H3,(H,35,40). The molecular formula is C31H29F3N4O3. The number of halogens is 3. The number of carbonyl (C=O) groups excluding carboxylic acids is 2. The number of nitrogens with zero attached hydrogens (tertiary/aromatic N) is 3. The number of carbonyl (C=O) groups is 2. The molecule has 10 heteroatoms. The van der Waals surface area contributed by atoms with Gasteiger partial charge in [-0.05, 0) is 80.1 Å². The minimum Gasteiger partial charge on any atom is -0.497 e. The fourth-order valence-corrected chi connectivity index (χ4v) is 5.01. The fourth-order valence-electron chi connectivity index (χ4n) is 5.01. The number of rotatable bonds is 6. The highest BCUT2D eigenvalue weighted by Gasteiger charge is 2.37. The molecule has 0 radical (unpaired) electrons. The molecular weight excluding hydrogens is 533 g/mol. The summed E-state index contributed by atoms with van der Waals surface area (Å²) in [5, 5.41) is 2.63. The van der Waals surface area contributed by atoms with E-state index in [2.05, 4.69) is 5.32 Å². The van der Waals surface area contributed by atoms with E-state index in [1.54, 1.807) is 25.9 Å². The van der Waals surface area contributed by atoms with Crippen LogP contribution in [0.2, 0.25) is 0 Å². The van der Waals surface area contributed by atoms with E-state index in [1.807, 2.05) is 71.4 Å². The number of ether oxygens (including phenoxy) is 1. The zero-order valence-corrected chi connectivity index (χ0v) is 22.7. The first-order valence-corrected chi connectivity index (χ1v) is 13.1. The van der Waals surface area contributed by atoms with Crippen molar-refractivity contribution in [2.24, 2.45) is 0 Å². The van der Waals surface area contributed by atoms with Gasteiger partial charge in [-0.1, -0.05) is 24.3 Å². The Bertz CT molecular complexity index is 1550. The summed E-state index contributed by atoms with van der Waals surface area (Å²) in [6, 6.07) is 21.7. The summed E-state index contributed by atoms with van der Waals surface area (Å²) in [6.07, 6.45) is -2.53. The first kappa shape index (κ1) is 27.8. The molecule has 3 aromatic carbocycles. The van der Waals surface area contributed by atoms with E-state index in [9.17, 15) is 22.8 Å². The zero-order chi connectivity index (χ0) is 29.3. The van der Waals surface area contributed by atoms with Crippen LogP contribution in [0.25, 0.3) is 5.69 Å². The number of hydrogen-bond donors (Lipinski definition) is 1. The Labute approximate surface area is 235 Å². The summed E-state index contributed by atoms with van der Waals surface area (Å²) in [7, 11) is 1.59. The Morgan fingerprint density at radius 2 is 1.59 bits per heavy atom. The molecule has 4 aromatic rings. The molecule has 0 saturated heterocycles. The van der Waals surface area contributed by atoms with Crippen LogP contribution >= 0.6 is 0 Å². The first-order chi connectivity index (χ1) is 19.6. The lowest BCUT2D eigenvalue weighted by Crippen LogP contribution is -2.49. The van der Waals surface area contributed by atoms with Gasteiger partial charge in [-0.3, -0.25) is 9.69 Å². The van der Waals surface area contributed by atoms with Gasteiger partial charge < -0.3 is 19.5 Å². The Balaban J connectivity index is 1.46. The number of fused-ring (bicyclic) bond motifs is 3. The van der Waals surface area contributed by atoms with Crippen molar-refractivity contribution in [3.05, 3.63) is 108 Å². The van der Waals surface area contributed by atoms with Crippen molar-refractivity contribution < 1.29 is 27.5 Å². The van der Waals surface area contributed by atoms with Crippen LogP contribution in [0.4, 0.5) is 29.3 Å². The van der Waals surface area contributed by atoms with Gasteiger partial charge in [-0.15, -0.1) is 0 Å². The third kappa shape index (κ3) is 5.50. The van der Waals surface area contributed by atoms with Crippen LogP contribution in [0, 0.1) is 0 Å². The van der Waals surface area contributed by atoms with E-state index in [4.69, 9.17) is 4.74 Å². The predicted octanol–water partition coefficient (Wildman–Crippen LogP) is 6.88. The highest BCUT2D eigenvalue weighted by Crippen LogP contribution is 2.42. The van der Waals surface area contributed by atoms with E-state index < -0.39 is 23.8 Å². The number of urea groups is 1. The van der Waals surface area contributed by atoms with Gasteiger partial charge in [-0.25, -0.2) is 4.79 Å². The SMILES string of the molecule is COc1ccc(C2c3cccn3-c3ccccc3N2C(=O)CN(C(=O)Nc2ccc(C(F)(F)F)cc2)C(C)C)cc1. The highest BCUT2D eigenvalue weighted by molar-refractivity contribution is 6.01. The van der Waals surface area contributed by atoms with Gasteiger partial charge in [0.1, 0.15) is 18.3 Å². The van der Waals surface area contributed by atoms with E-state index in [0.717, 1.165) is 29.1 Å². The number of benzene rings is 3. The summed E-state index contributed by atoms with van der Waals surface area (Å²) in [4.78, 5) is 30.5. The number of alkyl halides is 3. The van der Waals surface area contributed by atoms with Crippen molar-refractivity contribution in [3.8, 4) is 11.4 Å². The molecule has 1 aliphatic rings. The number of methoxy groups -OCH3 is 1. The third-order valence-electron chi connectivity index (χ3n) is 7.07. The van der Waals surface area contributed by atoms with Gasteiger partial charge >= 0.3 is 12.2 Å². The molecule has 0 saturated carbocycles. The molecule has 0 aliphatic carbocycles. The summed E-state index contributed by atoms with van der Waals surface area (Å²) in [5.41, 5.74) is 2.64. The van der Waals surface area contributed by atoms with Crippen LogP contribution < -0.4 is 15.0 Å². The van der Waals surface area contributed by atoms with Crippen molar-refractivity contribution in [3.63, 3.8) is 0 Å². The maximum Gasteiger partial charge on any atom is 0.416 e. The minimum atomic E-state index is -4.48. The van der Waals surface area contributed by atoms with Crippen molar-refractivity contribution in [1.29, 1.82) is 0 Å². The highest BCUT2D eigenvalue weighted by atomic mass is 19.4. The normalized spacial score (nSPS) is 14.3. The Morgan fingerprint density at radius 3 is 2.20 bits per heavy atom. The Hall–Kier alpha value is -4.73. The molecule has 1 aromatic heterocycles. The monoisotopic (exact) mass is 562 g/mol. The van der Waals surface area contributed by atoms with Gasteiger partial charge in [0.2, 0.25) is 5.91 Å². The topological polar surface area (TPSA) is 66.8 Å². The number of anilines is 2. The average molecular weight is 563 g/mol. The van der Waals surface area contributed by atoms with Gasteiger partial charge in [0.05, 0.1) is 29.7 Å². The van der Waals surface area contributed by atoms with E-state index in [0.29, 0.717) is 11.4 Å². The number of aromatic nitrogens is 1. The van der Waals surface area contributed by atoms with Gasteiger partial charge in [0, 0.05) is 17.9 Å². The number of para-hydroxylation sites is 2. The third-order valence-corrected chi connectivity index (χ3v) is 7.07. The number of hydrogen-bond acceptors (Lipinski definition) is 3. The molecule has 41 heavy (non-hydrogen) atoms. The Kier molecular flexibility index (Phi) is 7.49.